The van der Waals surface area contributed by atoms with Crippen molar-refractivity contribution in [3.8, 4) is 11.8 Å². The van der Waals surface area contributed by atoms with E-state index in [1.165, 1.54) is 24.9 Å². The molecule has 1 unspecified atom stereocenters. The molecule has 1 aliphatic carbocycles. The Bertz CT molecular complexity index is 490. The van der Waals surface area contributed by atoms with Crippen molar-refractivity contribution in [2.24, 2.45) is 5.92 Å². The van der Waals surface area contributed by atoms with Crippen molar-refractivity contribution >= 4 is 5.91 Å². The van der Waals surface area contributed by atoms with E-state index in [0.717, 1.165) is 25.7 Å². The van der Waals surface area contributed by atoms with E-state index >= 15 is 0 Å². The first kappa shape index (κ1) is 13.3. The van der Waals surface area contributed by atoms with Crippen molar-refractivity contribution in [3.63, 3.8) is 0 Å². The SMILES string of the molecule is N#CC(NC(=O)c1ccncc1O)C1CCCCC1. The van der Waals surface area contributed by atoms with Gasteiger partial charge in [0.2, 0.25) is 0 Å². The first-order chi connectivity index (χ1) is 9.22. The van der Waals surface area contributed by atoms with Crippen LogP contribution in [0, 0.1) is 17.2 Å². The van der Waals surface area contributed by atoms with Crippen molar-refractivity contribution in [3.05, 3.63) is 24.0 Å². The maximum absolute atomic E-state index is 12.0. The predicted molar refractivity (Wildman–Crippen MR) is 69.3 cm³/mol. The number of hydrogen-bond acceptors (Lipinski definition) is 4. The fourth-order valence-corrected chi connectivity index (χ4v) is 2.52. The Balaban J connectivity index is 2.04. The van der Waals surface area contributed by atoms with Crippen LogP contribution in [0.25, 0.3) is 0 Å². The van der Waals surface area contributed by atoms with Gasteiger partial charge in [0.05, 0.1) is 17.8 Å². The molecule has 5 nitrogen and oxygen atoms in total. The molecule has 5 heteroatoms. The summed E-state index contributed by atoms with van der Waals surface area (Å²) in [6.07, 6.45) is 8.03. The number of hydrogen-bond donors (Lipinski definition) is 2. The van der Waals surface area contributed by atoms with Gasteiger partial charge in [-0.05, 0) is 24.8 Å². The molecule has 2 rings (SSSR count). The molecule has 1 amide bonds. The Morgan fingerprint density at radius 2 is 2.21 bits per heavy atom. The molecule has 1 saturated carbocycles. The number of carbonyl (C=O) groups excluding carboxylic acids is 1. The van der Waals surface area contributed by atoms with Crippen LogP contribution >= 0.6 is 0 Å². The first-order valence-corrected chi connectivity index (χ1v) is 6.56. The highest BCUT2D eigenvalue weighted by atomic mass is 16.3. The first-order valence-electron chi connectivity index (χ1n) is 6.56. The predicted octanol–water partition coefficient (Wildman–Crippen LogP) is 1.99. The molecule has 0 aliphatic heterocycles. The van der Waals surface area contributed by atoms with Gasteiger partial charge in [-0.2, -0.15) is 5.26 Å². The van der Waals surface area contributed by atoms with Gasteiger partial charge in [0, 0.05) is 6.20 Å². The van der Waals surface area contributed by atoms with Crippen molar-refractivity contribution in [1.82, 2.24) is 10.3 Å². The summed E-state index contributed by atoms with van der Waals surface area (Å²) in [6, 6.07) is 3.12. The molecule has 1 aromatic heterocycles. The van der Waals surface area contributed by atoms with E-state index in [9.17, 15) is 15.2 Å². The topological polar surface area (TPSA) is 86.0 Å². The van der Waals surface area contributed by atoms with Gasteiger partial charge < -0.3 is 10.4 Å². The minimum Gasteiger partial charge on any atom is -0.505 e. The third-order valence-electron chi connectivity index (χ3n) is 3.59. The van der Waals surface area contributed by atoms with Gasteiger partial charge in [-0.3, -0.25) is 9.78 Å². The molecule has 100 valence electrons. The number of pyridine rings is 1. The lowest BCUT2D eigenvalue weighted by atomic mass is 9.84. The van der Waals surface area contributed by atoms with Crippen molar-refractivity contribution in [1.29, 1.82) is 5.26 Å². The molecule has 1 fully saturated rings. The molecule has 0 bridgehead atoms. The van der Waals surface area contributed by atoms with Gasteiger partial charge in [-0.15, -0.1) is 0 Å². The second-order valence-electron chi connectivity index (χ2n) is 4.87. The normalized spacial score (nSPS) is 17.4. The number of nitrogens with one attached hydrogen (secondary N) is 1. The van der Waals surface area contributed by atoms with Crippen LogP contribution in [0.2, 0.25) is 0 Å². The summed E-state index contributed by atoms with van der Waals surface area (Å²) in [6.45, 7) is 0. The number of rotatable bonds is 3. The second-order valence-corrected chi connectivity index (χ2v) is 4.87. The van der Waals surface area contributed by atoms with Crippen LogP contribution in [0.1, 0.15) is 42.5 Å². The third-order valence-corrected chi connectivity index (χ3v) is 3.59. The Hall–Kier alpha value is -2.09. The molecule has 19 heavy (non-hydrogen) atoms. The van der Waals surface area contributed by atoms with Gasteiger partial charge in [-0.1, -0.05) is 19.3 Å². The number of nitriles is 1. The van der Waals surface area contributed by atoms with Gasteiger partial charge >= 0.3 is 0 Å². The minimum atomic E-state index is -0.486. The molecule has 0 radical (unpaired) electrons. The summed E-state index contributed by atoms with van der Waals surface area (Å²) in [7, 11) is 0. The lowest BCUT2D eigenvalue weighted by molar-refractivity contribution is 0.0926. The number of aromatic nitrogens is 1. The largest absolute Gasteiger partial charge is 0.505 e. The molecule has 1 aromatic rings. The molecule has 1 atom stereocenters. The zero-order chi connectivity index (χ0) is 13.7. The lowest BCUT2D eigenvalue weighted by Gasteiger charge is -2.26. The molecule has 2 N–H and O–H groups in total. The fourth-order valence-electron chi connectivity index (χ4n) is 2.52. The third kappa shape index (κ3) is 3.22. The van der Waals surface area contributed by atoms with Crippen LogP contribution in [-0.4, -0.2) is 22.0 Å². The molecule has 0 aromatic carbocycles. The molecular weight excluding hydrogens is 242 g/mol. The number of aromatic hydroxyl groups is 1. The van der Waals surface area contributed by atoms with Crippen LogP contribution in [0.3, 0.4) is 0 Å². The monoisotopic (exact) mass is 259 g/mol. The summed E-state index contributed by atoms with van der Waals surface area (Å²) >= 11 is 0. The van der Waals surface area contributed by atoms with E-state index in [0.29, 0.717) is 0 Å². The lowest BCUT2D eigenvalue weighted by Crippen LogP contribution is -2.40. The smallest absolute Gasteiger partial charge is 0.256 e. The number of nitrogens with zero attached hydrogens (tertiary/aromatic N) is 2. The van der Waals surface area contributed by atoms with E-state index < -0.39 is 11.9 Å². The second kappa shape index (κ2) is 6.19. The Kier molecular flexibility index (Phi) is 4.35. The highest BCUT2D eigenvalue weighted by Gasteiger charge is 2.25. The Morgan fingerprint density at radius 1 is 1.47 bits per heavy atom. The van der Waals surface area contributed by atoms with Crippen molar-refractivity contribution in [2.75, 3.05) is 0 Å². The summed E-state index contributed by atoms with van der Waals surface area (Å²) in [5.41, 5.74) is 0.158. The standard InChI is InChI=1S/C14H17N3O2/c15-8-12(10-4-2-1-3-5-10)17-14(19)11-6-7-16-9-13(11)18/h6-7,9-10,12,18H,1-5H2,(H,17,19). The maximum atomic E-state index is 12.0. The average Bonchev–Trinajstić information content (AvgIpc) is 2.46. The Labute approximate surface area is 112 Å². The highest BCUT2D eigenvalue weighted by Crippen LogP contribution is 2.26. The summed E-state index contributed by atoms with van der Waals surface area (Å²) in [5, 5.41) is 21.5. The summed E-state index contributed by atoms with van der Waals surface area (Å²) in [4.78, 5) is 15.7. The zero-order valence-electron chi connectivity index (χ0n) is 10.7. The van der Waals surface area contributed by atoms with Crippen molar-refractivity contribution in [2.45, 2.75) is 38.1 Å². The summed E-state index contributed by atoms with van der Waals surface area (Å²) < 4.78 is 0. The van der Waals surface area contributed by atoms with E-state index in [2.05, 4.69) is 16.4 Å². The van der Waals surface area contributed by atoms with Crippen LogP contribution in [-0.2, 0) is 0 Å². The number of amides is 1. The van der Waals surface area contributed by atoms with E-state index in [1.807, 2.05) is 0 Å². The molecular formula is C14H17N3O2. The van der Waals surface area contributed by atoms with E-state index in [1.54, 1.807) is 0 Å². The van der Waals surface area contributed by atoms with Gasteiger partial charge in [0.15, 0.2) is 0 Å². The van der Waals surface area contributed by atoms with Gasteiger partial charge in [0.1, 0.15) is 11.8 Å². The van der Waals surface area contributed by atoms with Gasteiger partial charge in [-0.25, -0.2) is 0 Å². The summed E-state index contributed by atoms with van der Waals surface area (Å²) in [5.74, 6) is -0.371. The van der Waals surface area contributed by atoms with E-state index in [4.69, 9.17) is 0 Å². The number of carbonyl (C=O) groups is 1. The van der Waals surface area contributed by atoms with E-state index in [-0.39, 0.29) is 17.2 Å². The quantitative estimate of drug-likeness (QED) is 0.869. The molecule has 0 spiro atoms. The van der Waals surface area contributed by atoms with Crippen LogP contribution in [0.4, 0.5) is 0 Å². The minimum absolute atomic E-state index is 0.158. The van der Waals surface area contributed by atoms with Crippen LogP contribution in [0.15, 0.2) is 18.5 Å². The van der Waals surface area contributed by atoms with Gasteiger partial charge in [0.25, 0.3) is 5.91 Å². The molecule has 0 saturated heterocycles. The van der Waals surface area contributed by atoms with Crippen LogP contribution in [0.5, 0.6) is 5.75 Å². The molecule has 1 heterocycles. The van der Waals surface area contributed by atoms with Crippen molar-refractivity contribution < 1.29 is 9.90 Å². The zero-order valence-corrected chi connectivity index (χ0v) is 10.7. The Morgan fingerprint density at radius 3 is 2.84 bits per heavy atom. The average molecular weight is 259 g/mol. The highest BCUT2D eigenvalue weighted by molar-refractivity contribution is 5.96. The van der Waals surface area contributed by atoms with Crippen LogP contribution < -0.4 is 5.32 Å². The maximum Gasteiger partial charge on any atom is 0.256 e. The molecule has 1 aliphatic rings. The fraction of sp³-hybridized carbons (Fsp3) is 0.500.